The number of primary amides is 1. The third-order valence-electron chi connectivity index (χ3n) is 5.25. The van der Waals surface area contributed by atoms with Crippen LogP contribution in [-0.2, 0) is 4.79 Å². The molecule has 0 aliphatic rings. The largest absolute Gasteiger partial charge is 0.366 e. The van der Waals surface area contributed by atoms with E-state index in [4.69, 9.17) is 11.5 Å². The first kappa shape index (κ1) is 20.3. The molecule has 2 amide bonds. The van der Waals surface area contributed by atoms with Crippen LogP contribution in [0, 0.1) is 0 Å². The number of amides is 2. The summed E-state index contributed by atoms with van der Waals surface area (Å²) in [5, 5.41) is 11.3. The number of nitrogens with one attached hydrogen (secondary N) is 2. The summed E-state index contributed by atoms with van der Waals surface area (Å²) >= 11 is 0. The number of anilines is 1. The van der Waals surface area contributed by atoms with Gasteiger partial charge < -0.3 is 16.8 Å². The molecule has 0 saturated heterocycles. The van der Waals surface area contributed by atoms with Crippen LogP contribution >= 0.6 is 0 Å². The van der Waals surface area contributed by atoms with Crippen molar-refractivity contribution in [3.05, 3.63) is 83.9 Å². The van der Waals surface area contributed by atoms with E-state index in [1.807, 2.05) is 48.5 Å². The summed E-state index contributed by atoms with van der Waals surface area (Å²) in [4.78, 5) is 24.3. The van der Waals surface area contributed by atoms with Gasteiger partial charge in [-0.1, -0.05) is 42.5 Å². The van der Waals surface area contributed by atoms with Gasteiger partial charge in [-0.15, -0.1) is 0 Å². The van der Waals surface area contributed by atoms with E-state index in [-0.39, 0.29) is 11.8 Å². The van der Waals surface area contributed by atoms with E-state index in [0.717, 1.165) is 27.7 Å². The molecule has 4 rings (SSSR count). The maximum atomic E-state index is 13.0. The van der Waals surface area contributed by atoms with Gasteiger partial charge in [-0.25, -0.2) is 0 Å². The highest BCUT2D eigenvalue weighted by Gasteiger charge is 2.20. The van der Waals surface area contributed by atoms with Crippen molar-refractivity contribution in [3.8, 4) is 11.3 Å². The Morgan fingerprint density at radius 3 is 2.42 bits per heavy atom. The molecule has 156 valence electrons. The average molecular weight is 413 g/mol. The van der Waals surface area contributed by atoms with Crippen LogP contribution in [0.15, 0.2) is 72.8 Å². The number of hydrogen-bond acceptors (Lipinski definition) is 4. The molecule has 0 fully saturated rings. The average Bonchev–Trinajstić information content (AvgIpc) is 3.21. The standard InChI is InChI=1S/C24H23N5O2/c25-13-12-19(15-4-2-1-3-5-15)24(31)27-18-10-11-21-20(14-18)22(29-28-21)16-6-8-17(9-7-16)23(26)30/h1-11,14,19H,12-13,25H2,(H2,26,30)(H,27,31)(H,28,29). The lowest BCUT2D eigenvalue weighted by Gasteiger charge is -2.16. The molecule has 6 N–H and O–H groups in total. The van der Waals surface area contributed by atoms with Crippen LogP contribution in [0.25, 0.3) is 22.2 Å². The molecule has 7 nitrogen and oxygen atoms in total. The van der Waals surface area contributed by atoms with Gasteiger partial charge in [0.15, 0.2) is 0 Å². The Bertz CT molecular complexity index is 1220. The predicted octanol–water partition coefficient (Wildman–Crippen LogP) is 3.40. The lowest BCUT2D eigenvalue weighted by molar-refractivity contribution is -0.117. The van der Waals surface area contributed by atoms with Gasteiger partial charge in [0, 0.05) is 22.2 Å². The molecule has 3 aromatic carbocycles. The van der Waals surface area contributed by atoms with Crippen LogP contribution in [0.3, 0.4) is 0 Å². The zero-order valence-corrected chi connectivity index (χ0v) is 16.8. The van der Waals surface area contributed by atoms with Crippen LogP contribution in [0.5, 0.6) is 0 Å². The van der Waals surface area contributed by atoms with Crippen molar-refractivity contribution < 1.29 is 9.59 Å². The van der Waals surface area contributed by atoms with Gasteiger partial charge in [0.05, 0.1) is 17.1 Å². The summed E-state index contributed by atoms with van der Waals surface area (Å²) in [5.74, 6) is -0.909. The van der Waals surface area contributed by atoms with Crippen LogP contribution in [0.1, 0.15) is 28.3 Å². The number of carbonyl (C=O) groups excluding carboxylic acids is 2. The number of hydrogen-bond donors (Lipinski definition) is 4. The van der Waals surface area contributed by atoms with Crippen LogP contribution in [0.4, 0.5) is 5.69 Å². The summed E-state index contributed by atoms with van der Waals surface area (Å²) in [5.41, 5.74) is 15.5. The first-order chi connectivity index (χ1) is 15.1. The van der Waals surface area contributed by atoms with E-state index >= 15 is 0 Å². The molecule has 0 saturated carbocycles. The summed E-state index contributed by atoms with van der Waals surface area (Å²) in [6.45, 7) is 0.416. The lowest BCUT2D eigenvalue weighted by Crippen LogP contribution is -2.23. The van der Waals surface area contributed by atoms with Gasteiger partial charge in [-0.3, -0.25) is 14.7 Å². The molecule has 0 bridgehead atoms. The fraction of sp³-hybridized carbons (Fsp3) is 0.125. The van der Waals surface area contributed by atoms with E-state index < -0.39 is 5.91 Å². The van der Waals surface area contributed by atoms with E-state index in [1.165, 1.54) is 0 Å². The smallest absolute Gasteiger partial charge is 0.248 e. The van der Waals surface area contributed by atoms with Gasteiger partial charge in [-0.05, 0) is 48.9 Å². The number of aromatic amines is 1. The Balaban J connectivity index is 1.62. The predicted molar refractivity (Wildman–Crippen MR) is 122 cm³/mol. The number of nitrogens with zero attached hydrogens (tertiary/aromatic N) is 1. The molecule has 0 aliphatic carbocycles. The maximum absolute atomic E-state index is 13.0. The molecule has 0 radical (unpaired) electrons. The highest BCUT2D eigenvalue weighted by atomic mass is 16.2. The number of fused-ring (bicyclic) bond motifs is 1. The molecular weight excluding hydrogens is 390 g/mol. The van der Waals surface area contributed by atoms with Crippen LogP contribution in [-0.4, -0.2) is 28.6 Å². The Kier molecular flexibility index (Phi) is 5.77. The minimum Gasteiger partial charge on any atom is -0.366 e. The molecule has 1 heterocycles. The van der Waals surface area contributed by atoms with Crippen LogP contribution < -0.4 is 16.8 Å². The first-order valence-corrected chi connectivity index (χ1v) is 10.0. The van der Waals surface area contributed by atoms with Gasteiger partial charge in [0.2, 0.25) is 11.8 Å². The van der Waals surface area contributed by atoms with Crippen molar-refractivity contribution in [2.75, 3.05) is 11.9 Å². The second-order valence-electron chi connectivity index (χ2n) is 7.30. The zero-order chi connectivity index (χ0) is 21.8. The van der Waals surface area contributed by atoms with E-state index in [1.54, 1.807) is 24.3 Å². The number of rotatable bonds is 7. The number of H-pyrrole nitrogens is 1. The molecule has 4 aromatic rings. The number of nitrogens with two attached hydrogens (primary N) is 2. The van der Waals surface area contributed by atoms with Gasteiger partial charge >= 0.3 is 0 Å². The third-order valence-corrected chi connectivity index (χ3v) is 5.25. The van der Waals surface area contributed by atoms with E-state index in [9.17, 15) is 9.59 Å². The summed E-state index contributed by atoms with van der Waals surface area (Å²) < 4.78 is 0. The van der Waals surface area contributed by atoms with Crippen molar-refractivity contribution in [2.24, 2.45) is 11.5 Å². The van der Waals surface area contributed by atoms with Crippen LogP contribution in [0.2, 0.25) is 0 Å². The third kappa shape index (κ3) is 4.31. The van der Waals surface area contributed by atoms with Crippen molar-refractivity contribution in [1.29, 1.82) is 0 Å². The zero-order valence-electron chi connectivity index (χ0n) is 16.8. The minimum atomic E-state index is -0.478. The molecule has 1 unspecified atom stereocenters. The fourth-order valence-corrected chi connectivity index (χ4v) is 3.63. The normalized spacial score (nSPS) is 11.9. The highest BCUT2D eigenvalue weighted by molar-refractivity contribution is 6.00. The molecule has 0 spiro atoms. The molecule has 1 atom stereocenters. The lowest BCUT2D eigenvalue weighted by atomic mass is 9.94. The SMILES string of the molecule is NCCC(C(=O)Nc1ccc2[nH]nc(-c3ccc(C(N)=O)cc3)c2c1)c1ccccc1. The van der Waals surface area contributed by atoms with Gasteiger partial charge in [0.1, 0.15) is 0 Å². The molecule has 0 aliphatic heterocycles. The Hall–Kier alpha value is -3.97. The molecule has 1 aromatic heterocycles. The topological polar surface area (TPSA) is 127 Å². The molecule has 7 heteroatoms. The van der Waals surface area contributed by atoms with Crippen molar-refractivity contribution in [3.63, 3.8) is 0 Å². The number of carbonyl (C=O) groups is 2. The molecule has 31 heavy (non-hydrogen) atoms. The second-order valence-corrected chi connectivity index (χ2v) is 7.30. The maximum Gasteiger partial charge on any atom is 0.248 e. The fourth-order valence-electron chi connectivity index (χ4n) is 3.63. The summed E-state index contributed by atoms with van der Waals surface area (Å²) in [6.07, 6.45) is 0.557. The second kappa shape index (κ2) is 8.81. The Morgan fingerprint density at radius 2 is 1.74 bits per heavy atom. The number of benzene rings is 3. The minimum absolute atomic E-state index is 0.105. The highest BCUT2D eigenvalue weighted by Crippen LogP contribution is 2.29. The Morgan fingerprint density at radius 1 is 1.00 bits per heavy atom. The van der Waals surface area contributed by atoms with Gasteiger partial charge in [-0.2, -0.15) is 5.10 Å². The first-order valence-electron chi connectivity index (χ1n) is 10.0. The summed E-state index contributed by atoms with van der Waals surface area (Å²) in [7, 11) is 0. The van der Waals surface area contributed by atoms with Gasteiger partial charge in [0.25, 0.3) is 0 Å². The van der Waals surface area contributed by atoms with Crippen molar-refractivity contribution in [2.45, 2.75) is 12.3 Å². The van der Waals surface area contributed by atoms with Crippen molar-refractivity contribution >= 4 is 28.4 Å². The number of aromatic nitrogens is 2. The van der Waals surface area contributed by atoms with Crippen molar-refractivity contribution in [1.82, 2.24) is 10.2 Å². The van der Waals surface area contributed by atoms with E-state index in [0.29, 0.717) is 24.2 Å². The Labute approximate surface area is 179 Å². The quantitative estimate of drug-likeness (QED) is 0.370. The molecular formula is C24H23N5O2. The van der Waals surface area contributed by atoms with E-state index in [2.05, 4.69) is 15.5 Å². The summed E-state index contributed by atoms with van der Waals surface area (Å²) in [6, 6.07) is 22.2. The monoisotopic (exact) mass is 413 g/mol.